The predicted octanol–water partition coefficient (Wildman–Crippen LogP) is 5.00. The maximum Gasteiger partial charge on any atom is 0.195 e. The summed E-state index contributed by atoms with van der Waals surface area (Å²) in [7, 11) is 0. The van der Waals surface area contributed by atoms with Gasteiger partial charge in [0.1, 0.15) is 6.33 Å². The van der Waals surface area contributed by atoms with Crippen molar-refractivity contribution in [2.24, 2.45) is 0 Å². The monoisotopic (exact) mass is 379 g/mol. The van der Waals surface area contributed by atoms with E-state index in [0.717, 1.165) is 20.4 Å². The molecule has 0 spiro atoms. The molecule has 0 saturated heterocycles. The Hall–Kier alpha value is -1.11. The quantitative estimate of drug-likeness (QED) is 0.597. The number of aromatic nitrogens is 3. The van der Waals surface area contributed by atoms with Gasteiger partial charge in [-0.1, -0.05) is 29.5 Å². The Labute approximate surface area is 140 Å². The molecule has 1 aromatic carbocycles. The second kappa shape index (κ2) is 6.34. The number of hydrogen-bond donors (Lipinski definition) is 0. The van der Waals surface area contributed by atoms with E-state index >= 15 is 0 Å². The first-order valence-electron chi connectivity index (χ1n) is 6.48. The summed E-state index contributed by atoms with van der Waals surface area (Å²) >= 11 is 6.96. The lowest BCUT2D eigenvalue weighted by Gasteiger charge is -2.09. The highest BCUT2D eigenvalue weighted by molar-refractivity contribution is 9.11. The SMILES string of the molecule is Cc1ccc(-n2cnnc2SCc2ccc(Br)s2)c(C)c1. The summed E-state index contributed by atoms with van der Waals surface area (Å²) in [4.78, 5) is 1.32. The van der Waals surface area contributed by atoms with Crippen molar-refractivity contribution >= 4 is 39.0 Å². The molecule has 3 nitrogen and oxygen atoms in total. The molecule has 6 heteroatoms. The lowest BCUT2D eigenvalue weighted by Crippen LogP contribution is -1.98. The molecule has 2 heterocycles. The normalized spacial score (nSPS) is 11.0. The van der Waals surface area contributed by atoms with E-state index in [1.807, 2.05) is 0 Å². The van der Waals surface area contributed by atoms with Crippen LogP contribution in [-0.2, 0) is 5.75 Å². The van der Waals surface area contributed by atoms with Gasteiger partial charge >= 0.3 is 0 Å². The van der Waals surface area contributed by atoms with Gasteiger partial charge in [0.2, 0.25) is 0 Å². The molecule has 0 N–H and O–H groups in total. The van der Waals surface area contributed by atoms with Crippen LogP contribution < -0.4 is 0 Å². The van der Waals surface area contributed by atoms with Crippen molar-refractivity contribution in [1.82, 2.24) is 14.8 Å². The number of aryl methyl sites for hydroxylation is 2. The Bertz CT molecular complexity index is 764. The van der Waals surface area contributed by atoms with E-state index in [-0.39, 0.29) is 0 Å². The molecule has 0 radical (unpaired) electrons. The molecular formula is C15H14BrN3S2. The summed E-state index contributed by atoms with van der Waals surface area (Å²) in [6.07, 6.45) is 1.78. The molecule has 0 saturated carbocycles. The van der Waals surface area contributed by atoms with Crippen LogP contribution in [0.25, 0.3) is 5.69 Å². The van der Waals surface area contributed by atoms with Gasteiger partial charge in [-0.15, -0.1) is 21.5 Å². The van der Waals surface area contributed by atoms with Gasteiger partial charge in [0.15, 0.2) is 5.16 Å². The number of hydrogen-bond acceptors (Lipinski definition) is 4. The topological polar surface area (TPSA) is 30.7 Å². The average molecular weight is 380 g/mol. The van der Waals surface area contributed by atoms with Crippen LogP contribution in [0.4, 0.5) is 0 Å². The van der Waals surface area contributed by atoms with E-state index in [0.29, 0.717) is 0 Å². The van der Waals surface area contributed by atoms with E-state index in [4.69, 9.17) is 0 Å². The molecule has 0 fully saturated rings. The van der Waals surface area contributed by atoms with Crippen LogP contribution in [0.1, 0.15) is 16.0 Å². The molecule has 2 aromatic heterocycles. The number of thioether (sulfide) groups is 1. The maximum atomic E-state index is 4.25. The number of benzene rings is 1. The Kier molecular flexibility index (Phi) is 4.47. The van der Waals surface area contributed by atoms with Gasteiger partial charge in [-0.2, -0.15) is 0 Å². The predicted molar refractivity (Wildman–Crippen MR) is 92.4 cm³/mol. The van der Waals surface area contributed by atoms with Gasteiger partial charge < -0.3 is 0 Å². The number of nitrogens with zero attached hydrogens (tertiary/aromatic N) is 3. The van der Waals surface area contributed by atoms with Gasteiger partial charge in [-0.25, -0.2) is 0 Å². The van der Waals surface area contributed by atoms with Crippen LogP contribution in [0.2, 0.25) is 0 Å². The smallest absolute Gasteiger partial charge is 0.195 e. The summed E-state index contributed by atoms with van der Waals surface area (Å²) < 4.78 is 3.22. The largest absolute Gasteiger partial charge is 0.276 e. The standard InChI is InChI=1S/C15H14BrN3S2/c1-10-3-5-13(11(2)7-10)19-9-17-18-15(19)20-8-12-4-6-14(16)21-12/h3-7,9H,8H2,1-2H3. The van der Waals surface area contributed by atoms with Gasteiger partial charge in [-0.3, -0.25) is 4.57 Å². The van der Waals surface area contributed by atoms with Crippen molar-refractivity contribution in [1.29, 1.82) is 0 Å². The van der Waals surface area contributed by atoms with Crippen LogP contribution in [0, 0.1) is 13.8 Å². The van der Waals surface area contributed by atoms with E-state index in [2.05, 4.69) is 74.9 Å². The first kappa shape index (κ1) is 14.8. The minimum Gasteiger partial charge on any atom is -0.276 e. The Morgan fingerprint density at radius 2 is 2.10 bits per heavy atom. The molecule has 21 heavy (non-hydrogen) atoms. The van der Waals surface area contributed by atoms with Crippen molar-refractivity contribution in [3.8, 4) is 5.69 Å². The Balaban J connectivity index is 1.83. The zero-order valence-electron chi connectivity index (χ0n) is 11.7. The molecular weight excluding hydrogens is 366 g/mol. The van der Waals surface area contributed by atoms with E-state index in [9.17, 15) is 0 Å². The fourth-order valence-corrected chi connectivity index (χ4v) is 4.58. The first-order chi connectivity index (χ1) is 10.1. The molecule has 0 unspecified atom stereocenters. The van der Waals surface area contributed by atoms with Crippen molar-refractivity contribution in [3.05, 3.63) is 56.4 Å². The van der Waals surface area contributed by atoms with Crippen LogP contribution in [0.15, 0.2) is 45.6 Å². The zero-order chi connectivity index (χ0) is 14.8. The highest BCUT2D eigenvalue weighted by Gasteiger charge is 2.10. The zero-order valence-corrected chi connectivity index (χ0v) is 14.9. The summed E-state index contributed by atoms with van der Waals surface area (Å²) in [5, 5.41) is 9.24. The summed E-state index contributed by atoms with van der Waals surface area (Å²) in [6, 6.07) is 10.6. The lowest BCUT2D eigenvalue weighted by molar-refractivity contribution is 0.877. The van der Waals surface area contributed by atoms with Crippen molar-refractivity contribution in [2.45, 2.75) is 24.8 Å². The fourth-order valence-electron chi connectivity index (χ4n) is 2.13. The number of halogens is 1. The minimum absolute atomic E-state index is 0.903. The maximum absolute atomic E-state index is 4.25. The van der Waals surface area contributed by atoms with Crippen molar-refractivity contribution in [2.75, 3.05) is 0 Å². The lowest BCUT2D eigenvalue weighted by atomic mass is 10.1. The molecule has 0 atom stereocenters. The molecule has 0 bridgehead atoms. The number of thiophene rings is 1. The summed E-state index contributed by atoms with van der Waals surface area (Å²) in [6.45, 7) is 4.22. The van der Waals surface area contributed by atoms with Crippen LogP contribution >= 0.6 is 39.0 Å². The van der Waals surface area contributed by atoms with Gasteiger partial charge in [0.05, 0.1) is 9.47 Å². The van der Waals surface area contributed by atoms with Crippen LogP contribution in [0.3, 0.4) is 0 Å². The average Bonchev–Trinajstić information content (AvgIpc) is 3.05. The second-order valence-electron chi connectivity index (χ2n) is 4.77. The molecule has 0 aliphatic rings. The van der Waals surface area contributed by atoms with E-state index in [1.165, 1.54) is 16.0 Å². The molecule has 3 rings (SSSR count). The number of rotatable bonds is 4. The Morgan fingerprint density at radius 3 is 2.81 bits per heavy atom. The molecule has 0 aliphatic heterocycles. The molecule has 0 aliphatic carbocycles. The molecule has 3 aromatic rings. The van der Waals surface area contributed by atoms with Gasteiger partial charge in [0.25, 0.3) is 0 Å². The Morgan fingerprint density at radius 1 is 1.24 bits per heavy atom. The minimum atomic E-state index is 0.903. The van der Waals surface area contributed by atoms with Gasteiger partial charge in [-0.05, 0) is 53.5 Å². The van der Waals surface area contributed by atoms with E-state index in [1.54, 1.807) is 29.4 Å². The third-order valence-corrected chi connectivity index (χ3v) is 5.90. The third-order valence-electron chi connectivity index (χ3n) is 3.10. The van der Waals surface area contributed by atoms with Crippen molar-refractivity contribution < 1.29 is 0 Å². The molecule has 0 amide bonds. The van der Waals surface area contributed by atoms with Crippen LogP contribution in [-0.4, -0.2) is 14.8 Å². The highest BCUT2D eigenvalue weighted by atomic mass is 79.9. The fraction of sp³-hybridized carbons (Fsp3) is 0.200. The first-order valence-corrected chi connectivity index (χ1v) is 9.07. The highest BCUT2D eigenvalue weighted by Crippen LogP contribution is 2.29. The van der Waals surface area contributed by atoms with E-state index < -0.39 is 0 Å². The molecule has 108 valence electrons. The summed E-state index contributed by atoms with van der Waals surface area (Å²) in [5.74, 6) is 0.903. The third kappa shape index (κ3) is 3.39. The summed E-state index contributed by atoms with van der Waals surface area (Å²) in [5.41, 5.74) is 3.64. The van der Waals surface area contributed by atoms with Gasteiger partial charge in [0, 0.05) is 10.6 Å². The van der Waals surface area contributed by atoms with Crippen molar-refractivity contribution in [3.63, 3.8) is 0 Å². The van der Waals surface area contributed by atoms with Crippen LogP contribution in [0.5, 0.6) is 0 Å². The second-order valence-corrected chi connectivity index (χ2v) is 8.26.